The standard InChI is InChI=1S/C23H18N4O2/c1-15-6-8-16(9-7-15)14-26-22(29)19-4-2-3-5-20(19)27-21(24-25-23(26)27)17-10-12-18(28)13-11-17/h2-13,28H,14H2,1H3. The third-order valence-corrected chi connectivity index (χ3v) is 5.09. The Bertz CT molecular complexity index is 1400. The molecule has 6 heteroatoms. The molecule has 0 aliphatic rings. The molecule has 0 atom stereocenters. The van der Waals surface area contributed by atoms with E-state index >= 15 is 0 Å². The highest BCUT2D eigenvalue weighted by Gasteiger charge is 2.17. The van der Waals surface area contributed by atoms with Crippen LogP contribution in [0.15, 0.2) is 77.6 Å². The van der Waals surface area contributed by atoms with Crippen molar-refractivity contribution in [3.63, 3.8) is 0 Å². The summed E-state index contributed by atoms with van der Waals surface area (Å²) in [6, 6.07) is 22.4. The Kier molecular flexibility index (Phi) is 3.91. The number of aryl methyl sites for hydroxylation is 1. The molecule has 0 unspecified atom stereocenters. The molecular formula is C23H18N4O2. The lowest BCUT2D eigenvalue weighted by atomic mass is 10.1. The monoisotopic (exact) mass is 382 g/mol. The first-order chi connectivity index (χ1) is 14.1. The highest BCUT2D eigenvalue weighted by molar-refractivity contribution is 5.82. The minimum atomic E-state index is -0.0988. The van der Waals surface area contributed by atoms with Crippen molar-refractivity contribution in [2.24, 2.45) is 0 Å². The number of benzene rings is 3. The van der Waals surface area contributed by atoms with Crippen LogP contribution in [0.4, 0.5) is 0 Å². The summed E-state index contributed by atoms with van der Waals surface area (Å²) < 4.78 is 3.56. The molecule has 142 valence electrons. The molecule has 0 aliphatic carbocycles. The fraction of sp³-hybridized carbons (Fsp3) is 0.0870. The number of hydrogen-bond donors (Lipinski definition) is 1. The Morgan fingerprint density at radius 3 is 2.38 bits per heavy atom. The quantitative estimate of drug-likeness (QED) is 0.516. The molecular weight excluding hydrogens is 364 g/mol. The van der Waals surface area contributed by atoms with Crippen molar-refractivity contribution in [1.29, 1.82) is 0 Å². The Morgan fingerprint density at radius 1 is 0.897 bits per heavy atom. The Balaban J connectivity index is 1.81. The number of hydrogen-bond acceptors (Lipinski definition) is 4. The third kappa shape index (κ3) is 2.86. The average molecular weight is 382 g/mol. The van der Waals surface area contributed by atoms with E-state index in [4.69, 9.17) is 0 Å². The van der Waals surface area contributed by atoms with Gasteiger partial charge in [-0.3, -0.25) is 13.8 Å². The van der Waals surface area contributed by atoms with Gasteiger partial charge in [0.25, 0.3) is 5.56 Å². The van der Waals surface area contributed by atoms with E-state index in [1.54, 1.807) is 28.8 Å². The zero-order chi connectivity index (χ0) is 20.0. The number of nitrogens with zero attached hydrogens (tertiary/aromatic N) is 4. The van der Waals surface area contributed by atoms with Crippen LogP contribution in [0.2, 0.25) is 0 Å². The van der Waals surface area contributed by atoms with Crippen molar-refractivity contribution in [2.75, 3.05) is 0 Å². The van der Waals surface area contributed by atoms with Crippen molar-refractivity contribution >= 4 is 16.7 Å². The van der Waals surface area contributed by atoms with E-state index in [1.807, 2.05) is 59.9 Å². The van der Waals surface area contributed by atoms with E-state index in [9.17, 15) is 9.90 Å². The predicted molar refractivity (Wildman–Crippen MR) is 112 cm³/mol. The van der Waals surface area contributed by atoms with Crippen LogP contribution in [0.25, 0.3) is 28.1 Å². The van der Waals surface area contributed by atoms with E-state index in [0.717, 1.165) is 16.6 Å². The molecule has 6 nitrogen and oxygen atoms in total. The summed E-state index contributed by atoms with van der Waals surface area (Å²) >= 11 is 0. The van der Waals surface area contributed by atoms with Gasteiger partial charge in [-0.05, 0) is 48.9 Å². The number of aromatic hydroxyl groups is 1. The SMILES string of the molecule is Cc1ccc(Cn2c(=O)c3ccccc3n3c(-c4ccc(O)cc4)nnc23)cc1. The second-order valence-corrected chi connectivity index (χ2v) is 7.10. The van der Waals surface area contributed by atoms with Crippen LogP contribution in [-0.4, -0.2) is 24.3 Å². The molecule has 0 amide bonds. The molecule has 0 radical (unpaired) electrons. The average Bonchev–Trinajstić information content (AvgIpc) is 3.18. The summed E-state index contributed by atoms with van der Waals surface area (Å²) in [5.74, 6) is 1.29. The number of phenols is 1. The Hall–Kier alpha value is -3.93. The van der Waals surface area contributed by atoms with Crippen LogP contribution in [0.1, 0.15) is 11.1 Å². The maximum Gasteiger partial charge on any atom is 0.263 e. The molecule has 5 aromatic rings. The highest BCUT2D eigenvalue weighted by Crippen LogP contribution is 2.24. The lowest BCUT2D eigenvalue weighted by Gasteiger charge is -2.12. The number of rotatable bonds is 3. The van der Waals surface area contributed by atoms with Gasteiger partial charge in [-0.25, -0.2) is 0 Å². The summed E-state index contributed by atoms with van der Waals surface area (Å²) in [5, 5.41) is 18.9. The lowest BCUT2D eigenvalue weighted by Crippen LogP contribution is -2.24. The molecule has 3 aromatic carbocycles. The second kappa shape index (κ2) is 6.60. The zero-order valence-corrected chi connectivity index (χ0v) is 15.8. The van der Waals surface area contributed by atoms with E-state index in [1.165, 1.54) is 5.56 Å². The Labute approximate surface area is 166 Å². The summed E-state index contributed by atoms with van der Waals surface area (Å²) in [6.45, 7) is 2.44. The molecule has 5 rings (SSSR count). The molecule has 2 heterocycles. The second-order valence-electron chi connectivity index (χ2n) is 7.10. The van der Waals surface area contributed by atoms with E-state index < -0.39 is 0 Å². The number of phenolic OH excluding ortho intramolecular Hbond substituents is 1. The van der Waals surface area contributed by atoms with Gasteiger partial charge in [0.15, 0.2) is 5.82 Å². The van der Waals surface area contributed by atoms with Crippen LogP contribution >= 0.6 is 0 Å². The largest absolute Gasteiger partial charge is 0.508 e. The molecule has 1 N–H and O–H groups in total. The maximum absolute atomic E-state index is 13.3. The molecule has 0 bridgehead atoms. The lowest BCUT2D eigenvalue weighted by molar-refractivity contribution is 0.475. The summed E-state index contributed by atoms with van der Waals surface area (Å²) in [6.07, 6.45) is 0. The van der Waals surface area contributed by atoms with Gasteiger partial charge >= 0.3 is 0 Å². The van der Waals surface area contributed by atoms with Gasteiger partial charge in [0.2, 0.25) is 5.78 Å². The van der Waals surface area contributed by atoms with Gasteiger partial charge in [-0.2, -0.15) is 0 Å². The van der Waals surface area contributed by atoms with Crippen LogP contribution in [0.3, 0.4) is 0 Å². The molecule has 29 heavy (non-hydrogen) atoms. The van der Waals surface area contributed by atoms with Crippen molar-refractivity contribution in [3.8, 4) is 17.1 Å². The van der Waals surface area contributed by atoms with Crippen LogP contribution in [0.5, 0.6) is 5.75 Å². The smallest absolute Gasteiger partial charge is 0.263 e. The Morgan fingerprint density at radius 2 is 1.62 bits per heavy atom. The van der Waals surface area contributed by atoms with E-state index in [-0.39, 0.29) is 11.3 Å². The first-order valence-electron chi connectivity index (χ1n) is 9.33. The number of aromatic nitrogens is 4. The zero-order valence-electron chi connectivity index (χ0n) is 15.8. The fourth-order valence-electron chi connectivity index (χ4n) is 3.57. The van der Waals surface area contributed by atoms with Gasteiger partial charge in [0.1, 0.15) is 5.75 Å². The molecule has 0 fully saturated rings. The minimum absolute atomic E-state index is 0.0988. The molecule has 0 saturated carbocycles. The van der Waals surface area contributed by atoms with E-state index in [0.29, 0.717) is 23.5 Å². The molecule has 2 aromatic heterocycles. The number of para-hydroxylation sites is 1. The number of fused-ring (bicyclic) bond motifs is 3. The van der Waals surface area contributed by atoms with Crippen molar-refractivity contribution < 1.29 is 5.11 Å². The molecule has 0 saturated heterocycles. The van der Waals surface area contributed by atoms with Gasteiger partial charge in [-0.1, -0.05) is 42.0 Å². The summed E-state index contributed by atoms with van der Waals surface area (Å²) in [7, 11) is 0. The van der Waals surface area contributed by atoms with Crippen molar-refractivity contribution in [2.45, 2.75) is 13.5 Å². The summed E-state index contributed by atoms with van der Waals surface area (Å²) in [4.78, 5) is 13.3. The minimum Gasteiger partial charge on any atom is -0.508 e. The first-order valence-corrected chi connectivity index (χ1v) is 9.33. The maximum atomic E-state index is 13.3. The van der Waals surface area contributed by atoms with Gasteiger partial charge in [-0.15, -0.1) is 10.2 Å². The van der Waals surface area contributed by atoms with Crippen LogP contribution in [-0.2, 0) is 6.54 Å². The van der Waals surface area contributed by atoms with Gasteiger partial charge in [0.05, 0.1) is 17.4 Å². The van der Waals surface area contributed by atoms with Crippen molar-refractivity contribution in [3.05, 3.63) is 94.3 Å². The van der Waals surface area contributed by atoms with Gasteiger partial charge in [0, 0.05) is 5.56 Å². The molecule has 0 spiro atoms. The third-order valence-electron chi connectivity index (χ3n) is 5.09. The van der Waals surface area contributed by atoms with Crippen LogP contribution < -0.4 is 5.56 Å². The normalized spacial score (nSPS) is 11.3. The molecule has 0 aliphatic heterocycles. The fourth-order valence-corrected chi connectivity index (χ4v) is 3.57. The van der Waals surface area contributed by atoms with Gasteiger partial charge < -0.3 is 5.11 Å². The topological polar surface area (TPSA) is 72.4 Å². The summed E-state index contributed by atoms with van der Waals surface area (Å²) in [5.41, 5.74) is 3.64. The van der Waals surface area contributed by atoms with Crippen LogP contribution in [0, 0.1) is 6.92 Å². The first kappa shape index (κ1) is 17.2. The highest BCUT2D eigenvalue weighted by atomic mass is 16.3. The predicted octanol–water partition coefficient (Wildman–Crippen LogP) is 3.77. The van der Waals surface area contributed by atoms with Crippen molar-refractivity contribution in [1.82, 2.24) is 19.2 Å². The van der Waals surface area contributed by atoms with E-state index in [2.05, 4.69) is 10.2 Å².